The summed E-state index contributed by atoms with van der Waals surface area (Å²) in [5, 5.41) is 3.03. The fourth-order valence-electron chi connectivity index (χ4n) is 2.07. The number of carbonyl (C=O) groups excluding carboxylic acids is 1. The van der Waals surface area contributed by atoms with E-state index in [1.165, 1.54) is 12.8 Å². The molecule has 0 aromatic carbocycles. The van der Waals surface area contributed by atoms with E-state index in [0.717, 1.165) is 19.4 Å². The Morgan fingerprint density at radius 3 is 2.44 bits per heavy atom. The van der Waals surface area contributed by atoms with Crippen molar-refractivity contribution in [3.63, 3.8) is 0 Å². The maximum absolute atomic E-state index is 11.8. The van der Waals surface area contributed by atoms with E-state index in [9.17, 15) is 4.79 Å². The predicted octanol–water partition coefficient (Wildman–Crippen LogP) is 2.35. The second-order valence-corrected chi connectivity index (χ2v) is 5.32. The molecular weight excluding hydrogens is 202 g/mol. The summed E-state index contributed by atoms with van der Waals surface area (Å²) in [7, 11) is 0. The van der Waals surface area contributed by atoms with E-state index in [-0.39, 0.29) is 17.9 Å². The highest BCUT2D eigenvalue weighted by atomic mass is 16.5. The van der Waals surface area contributed by atoms with Gasteiger partial charge in [0.25, 0.3) is 0 Å². The summed E-state index contributed by atoms with van der Waals surface area (Å²) in [6.07, 6.45) is 4.53. The minimum Gasteiger partial charge on any atom is -0.379 e. The minimum absolute atomic E-state index is 0.131. The van der Waals surface area contributed by atoms with Crippen LogP contribution in [0, 0.1) is 11.8 Å². The first-order valence-corrected chi connectivity index (χ1v) is 6.47. The van der Waals surface area contributed by atoms with Crippen LogP contribution in [0.5, 0.6) is 0 Å². The van der Waals surface area contributed by atoms with E-state index >= 15 is 0 Å². The standard InChI is InChI=1S/C13H25NO2/c1-10(2)8-16-9-11(3)14-13(15)12-6-4-5-7-12/h10-12H,4-9H2,1-3H3,(H,14,15)/t11-/m0/s1. The van der Waals surface area contributed by atoms with Gasteiger partial charge in [-0.2, -0.15) is 0 Å². The Kier molecular flexibility index (Phi) is 5.81. The van der Waals surface area contributed by atoms with Crippen molar-refractivity contribution in [3.05, 3.63) is 0 Å². The van der Waals surface area contributed by atoms with Crippen molar-refractivity contribution in [3.8, 4) is 0 Å². The Morgan fingerprint density at radius 2 is 1.88 bits per heavy atom. The molecule has 94 valence electrons. The third-order valence-electron chi connectivity index (χ3n) is 2.93. The van der Waals surface area contributed by atoms with E-state index in [4.69, 9.17) is 4.74 Å². The number of amides is 1. The molecule has 0 bridgehead atoms. The Morgan fingerprint density at radius 1 is 1.25 bits per heavy atom. The summed E-state index contributed by atoms with van der Waals surface area (Å²) < 4.78 is 5.51. The molecule has 1 N–H and O–H groups in total. The molecule has 0 radical (unpaired) electrons. The lowest BCUT2D eigenvalue weighted by molar-refractivity contribution is -0.125. The molecule has 0 heterocycles. The van der Waals surface area contributed by atoms with Gasteiger partial charge in [0.2, 0.25) is 5.91 Å². The third-order valence-corrected chi connectivity index (χ3v) is 2.93. The lowest BCUT2D eigenvalue weighted by Crippen LogP contribution is -2.39. The van der Waals surface area contributed by atoms with Gasteiger partial charge in [0.1, 0.15) is 0 Å². The molecule has 1 amide bonds. The van der Waals surface area contributed by atoms with Crippen LogP contribution in [0.4, 0.5) is 0 Å². The van der Waals surface area contributed by atoms with Crippen molar-refractivity contribution >= 4 is 5.91 Å². The summed E-state index contributed by atoms with van der Waals surface area (Å²) in [5.74, 6) is 1.03. The molecule has 1 aliphatic carbocycles. The Balaban J connectivity index is 2.12. The second-order valence-electron chi connectivity index (χ2n) is 5.32. The van der Waals surface area contributed by atoms with Gasteiger partial charge in [0, 0.05) is 18.6 Å². The van der Waals surface area contributed by atoms with Gasteiger partial charge in [-0.1, -0.05) is 26.7 Å². The maximum Gasteiger partial charge on any atom is 0.223 e. The molecule has 0 aromatic heterocycles. The van der Waals surface area contributed by atoms with Crippen LogP contribution >= 0.6 is 0 Å². The molecule has 0 unspecified atom stereocenters. The van der Waals surface area contributed by atoms with Gasteiger partial charge in [-0.3, -0.25) is 4.79 Å². The zero-order chi connectivity index (χ0) is 12.0. The highest BCUT2D eigenvalue weighted by molar-refractivity contribution is 5.79. The number of rotatable bonds is 6. The van der Waals surface area contributed by atoms with Gasteiger partial charge in [0.15, 0.2) is 0 Å². The van der Waals surface area contributed by atoms with Gasteiger partial charge in [-0.15, -0.1) is 0 Å². The molecule has 1 atom stereocenters. The third kappa shape index (κ3) is 4.97. The van der Waals surface area contributed by atoms with Gasteiger partial charge < -0.3 is 10.1 Å². The van der Waals surface area contributed by atoms with E-state index in [0.29, 0.717) is 12.5 Å². The van der Waals surface area contributed by atoms with E-state index in [2.05, 4.69) is 19.2 Å². The average molecular weight is 227 g/mol. The van der Waals surface area contributed by atoms with Crippen LogP contribution < -0.4 is 5.32 Å². The molecular formula is C13H25NO2. The Bertz CT molecular complexity index is 210. The average Bonchev–Trinajstić information content (AvgIpc) is 2.69. The lowest BCUT2D eigenvalue weighted by Gasteiger charge is -2.17. The first kappa shape index (κ1) is 13.5. The first-order valence-electron chi connectivity index (χ1n) is 6.47. The van der Waals surface area contributed by atoms with Gasteiger partial charge in [-0.25, -0.2) is 0 Å². The molecule has 0 saturated heterocycles. The maximum atomic E-state index is 11.8. The van der Waals surface area contributed by atoms with Crippen LogP contribution in [0.15, 0.2) is 0 Å². The monoisotopic (exact) mass is 227 g/mol. The molecule has 0 aromatic rings. The molecule has 0 aliphatic heterocycles. The summed E-state index contributed by atoms with van der Waals surface area (Å²) in [6.45, 7) is 7.65. The van der Waals surface area contributed by atoms with Crippen molar-refractivity contribution in [1.29, 1.82) is 0 Å². The smallest absolute Gasteiger partial charge is 0.223 e. The summed E-state index contributed by atoms with van der Waals surface area (Å²) in [5.41, 5.74) is 0. The quantitative estimate of drug-likeness (QED) is 0.756. The topological polar surface area (TPSA) is 38.3 Å². The normalized spacial score (nSPS) is 19.0. The first-order chi connectivity index (χ1) is 7.59. The van der Waals surface area contributed by atoms with Crippen LogP contribution in [0.1, 0.15) is 46.5 Å². The summed E-state index contributed by atoms with van der Waals surface area (Å²) in [4.78, 5) is 11.8. The Hall–Kier alpha value is -0.570. The van der Waals surface area contributed by atoms with E-state index in [1.54, 1.807) is 0 Å². The van der Waals surface area contributed by atoms with Crippen molar-refractivity contribution in [1.82, 2.24) is 5.32 Å². The highest BCUT2D eigenvalue weighted by Crippen LogP contribution is 2.24. The number of nitrogens with one attached hydrogen (secondary N) is 1. The fourth-order valence-corrected chi connectivity index (χ4v) is 2.07. The molecule has 1 aliphatic rings. The number of hydrogen-bond donors (Lipinski definition) is 1. The largest absolute Gasteiger partial charge is 0.379 e. The van der Waals surface area contributed by atoms with Crippen molar-refractivity contribution in [2.24, 2.45) is 11.8 Å². The number of hydrogen-bond acceptors (Lipinski definition) is 2. The molecule has 1 saturated carbocycles. The van der Waals surface area contributed by atoms with Crippen LogP contribution in [-0.4, -0.2) is 25.2 Å². The lowest BCUT2D eigenvalue weighted by atomic mass is 10.1. The van der Waals surface area contributed by atoms with Gasteiger partial charge in [-0.05, 0) is 25.7 Å². The predicted molar refractivity (Wildman–Crippen MR) is 65.2 cm³/mol. The zero-order valence-corrected chi connectivity index (χ0v) is 10.8. The molecule has 0 spiro atoms. The molecule has 1 fully saturated rings. The molecule has 16 heavy (non-hydrogen) atoms. The number of ether oxygens (including phenoxy) is 1. The van der Waals surface area contributed by atoms with Crippen molar-refractivity contribution in [2.75, 3.05) is 13.2 Å². The number of carbonyl (C=O) groups is 1. The fraction of sp³-hybridized carbons (Fsp3) is 0.923. The van der Waals surface area contributed by atoms with Crippen LogP contribution in [-0.2, 0) is 9.53 Å². The van der Waals surface area contributed by atoms with Gasteiger partial charge in [0.05, 0.1) is 6.61 Å². The SMILES string of the molecule is CC(C)COC[C@H](C)NC(=O)C1CCCC1. The van der Waals surface area contributed by atoms with E-state index < -0.39 is 0 Å². The zero-order valence-electron chi connectivity index (χ0n) is 10.8. The van der Waals surface area contributed by atoms with Crippen LogP contribution in [0.2, 0.25) is 0 Å². The van der Waals surface area contributed by atoms with Crippen molar-refractivity contribution < 1.29 is 9.53 Å². The molecule has 3 nitrogen and oxygen atoms in total. The van der Waals surface area contributed by atoms with E-state index in [1.807, 2.05) is 6.92 Å². The highest BCUT2D eigenvalue weighted by Gasteiger charge is 2.23. The second kappa shape index (κ2) is 6.89. The van der Waals surface area contributed by atoms with Crippen molar-refractivity contribution in [2.45, 2.75) is 52.5 Å². The minimum atomic E-state index is 0.131. The summed E-state index contributed by atoms with van der Waals surface area (Å²) in [6, 6.07) is 0.131. The summed E-state index contributed by atoms with van der Waals surface area (Å²) >= 11 is 0. The molecule has 3 heteroatoms. The van der Waals surface area contributed by atoms with Gasteiger partial charge >= 0.3 is 0 Å². The van der Waals surface area contributed by atoms with Crippen LogP contribution in [0.25, 0.3) is 0 Å². The molecule has 1 rings (SSSR count). The Labute approximate surface area is 98.9 Å². The van der Waals surface area contributed by atoms with Crippen LogP contribution in [0.3, 0.4) is 0 Å².